The topological polar surface area (TPSA) is 57.6 Å². The van der Waals surface area contributed by atoms with E-state index >= 15 is 0 Å². The molecule has 1 N–H and O–H groups in total. The third-order valence-corrected chi connectivity index (χ3v) is 5.88. The summed E-state index contributed by atoms with van der Waals surface area (Å²) in [6.07, 6.45) is 1.70. The van der Waals surface area contributed by atoms with E-state index in [1.807, 2.05) is 0 Å². The first kappa shape index (κ1) is 14.8. The van der Waals surface area contributed by atoms with Gasteiger partial charge in [-0.2, -0.15) is 4.31 Å². The lowest BCUT2D eigenvalue weighted by molar-refractivity contribution is 0.0465. The van der Waals surface area contributed by atoms with Gasteiger partial charge in [0.2, 0.25) is 10.0 Å². The molecule has 1 aromatic carbocycles. The predicted molar refractivity (Wildman–Crippen MR) is 74.7 cm³/mol. The number of sulfonamides is 1. The zero-order valence-corrected chi connectivity index (χ0v) is 12.4. The molecule has 1 aliphatic rings. The summed E-state index contributed by atoms with van der Waals surface area (Å²) in [6, 6.07) is 6.45. The van der Waals surface area contributed by atoms with E-state index in [4.69, 9.17) is 11.6 Å². The summed E-state index contributed by atoms with van der Waals surface area (Å²) in [5.74, 6) is 0. The van der Waals surface area contributed by atoms with E-state index in [2.05, 4.69) is 0 Å². The third kappa shape index (κ3) is 3.28. The van der Waals surface area contributed by atoms with Crippen molar-refractivity contribution in [1.29, 1.82) is 0 Å². The maximum atomic E-state index is 12.5. The van der Waals surface area contributed by atoms with Gasteiger partial charge in [-0.25, -0.2) is 8.42 Å². The first-order valence-corrected chi connectivity index (χ1v) is 8.12. The van der Waals surface area contributed by atoms with Gasteiger partial charge in [0.15, 0.2) is 0 Å². The van der Waals surface area contributed by atoms with E-state index in [-0.39, 0.29) is 9.92 Å². The van der Waals surface area contributed by atoms with Crippen LogP contribution in [-0.4, -0.2) is 36.5 Å². The van der Waals surface area contributed by atoms with Crippen molar-refractivity contribution in [2.24, 2.45) is 0 Å². The molecule has 1 fully saturated rings. The molecule has 2 rings (SSSR count). The molecule has 1 aliphatic heterocycles. The number of rotatable bonds is 2. The van der Waals surface area contributed by atoms with E-state index in [0.29, 0.717) is 32.4 Å². The second kappa shape index (κ2) is 5.40. The summed E-state index contributed by atoms with van der Waals surface area (Å²) in [7, 11) is -3.58. The first-order valence-electron chi connectivity index (χ1n) is 6.30. The maximum absolute atomic E-state index is 12.5. The fraction of sp³-hybridized carbons (Fsp3) is 0.538. The highest BCUT2D eigenvalue weighted by atomic mass is 35.5. The van der Waals surface area contributed by atoms with Gasteiger partial charge < -0.3 is 5.11 Å². The molecule has 0 spiro atoms. The normalized spacial score (nSPS) is 26.1. The lowest BCUT2D eigenvalue weighted by atomic mass is 9.98. The molecule has 4 nitrogen and oxygen atoms in total. The average Bonchev–Trinajstić information content (AvgIpc) is 2.51. The van der Waals surface area contributed by atoms with Crippen LogP contribution in [0.1, 0.15) is 26.2 Å². The number of nitrogens with zero attached hydrogens (tertiary/aromatic N) is 1. The molecule has 6 heteroatoms. The van der Waals surface area contributed by atoms with Gasteiger partial charge in [-0.3, -0.25) is 0 Å². The SMILES string of the molecule is CC1(O)CCCN(S(=O)(=O)c2ccccc2Cl)CC1. The predicted octanol–water partition coefficient (Wildman–Crippen LogP) is 2.27. The van der Waals surface area contributed by atoms with E-state index in [1.54, 1.807) is 25.1 Å². The minimum Gasteiger partial charge on any atom is -0.390 e. The molecule has 106 valence electrons. The van der Waals surface area contributed by atoms with Crippen molar-refractivity contribution >= 4 is 21.6 Å². The van der Waals surface area contributed by atoms with Crippen LogP contribution in [0.3, 0.4) is 0 Å². The molecular weight excluding hydrogens is 286 g/mol. The van der Waals surface area contributed by atoms with Crippen molar-refractivity contribution in [3.8, 4) is 0 Å². The summed E-state index contributed by atoms with van der Waals surface area (Å²) >= 11 is 5.97. The Kier molecular flexibility index (Phi) is 4.20. The molecule has 0 aliphatic carbocycles. The van der Waals surface area contributed by atoms with Crippen molar-refractivity contribution in [3.63, 3.8) is 0 Å². The summed E-state index contributed by atoms with van der Waals surface area (Å²) in [4.78, 5) is 0.137. The van der Waals surface area contributed by atoms with Gasteiger partial charge >= 0.3 is 0 Å². The van der Waals surface area contributed by atoms with Gasteiger partial charge in [0, 0.05) is 13.1 Å². The second-order valence-corrected chi connectivity index (χ2v) is 7.50. The Morgan fingerprint density at radius 1 is 1.26 bits per heavy atom. The van der Waals surface area contributed by atoms with Crippen LogP contribution in [0.25, 0.3) is 0 Å². The number of benzene rings is 1. The molecule has 0 bridgehead atoms. The summed E-state index contributed by atoms with van der Waals surface area (Å²) in [5, 5.41) is 10.3. The smallest absolute Gasteiger partial charge is 0.244 e. The van der Waals surface area contributed by atoms with Crippen LogP contribution in [0.15, 0.2) is 29.2 Å². The Balaban J connectivity index is 2.28. The van der Waals surface area contributed by atoms with Crippen LogP contribution in [0.2, 0.25) is 5.02 Å². The molecule has 1 saturated heterocycles. The third-order valence-electron chi connectivity index (χ3n) is 3.48. The van der Waals surface area contributed by atoms with Crippen molar-refractivity contribution in [2.45, 2.75) is 36.7 Å². The second-order valence-electron chi connectivity index (χ2n) is 5.19. The Labute approximate surface area is 119 Å². The van der Waals surface area contributed by atoms with E-state index in [0.717, 1.165) is 0 Å². The van der Waals surface area contributed by atoms with Crippen LogP contribution >= 0.6 is 11.6 Å². The fourth-order valence-corrected chi connectivity index (χ4v) is 4.24. The minimum atomic E-state index is -3.58. The van der Waals surface area contributed by atoms with Crippen LogP contribution in [0.4, 0.5) is 0 Å². The van der Waals surface area contributed by atoms with Crippen LogP contribution in [0, 0.1) is 0 Å². The summed E-state index contributed by atoms with van der Waals surface area (Å²) in [5.41, 5.74) is -0.787. The van der Waals surface area contributed by atoms with Crippen LogP contribution in [0.5, 0.6) is 0 Å². The Bertz CT molecular complexity index is 557. The monoisotopic (exact) mass is 303 g/mol. The van der Waals surface area contributed by atoms with E-state index in [1.165, 1.54) is 10.4 Å². The van der Waals surface area contributed by atoms with Gasteiger partial charge in [0.05, 0.1) is 10.6 Å². The van der Waals surface area contributed by atoms with Gasteiger partial charge in [0.25, 0.3) is 0 Å². The van der Waals surface area contributed by atoms with Gasteiger partial charge in [0.1, 0.15) is 4.90 Å². The summed E-state index contributed by atoms with van der Waals surface area (Å²) < 4.78 is 26.5. The molecule has 1 unspecified atom stereocenters. The molecule has 0 radical (unpaired) electrons. The van der Waals surface area contributed by atoms with Gasteiger partial charge in [-0.1, -0.05) is 23.7 Å². The molecule has 1 aromatic rings. The lowest BCUT2D eigenvalue weighted by Crippen LogP contribution is -2.33. The van der Waals surface area contributed by atoms with Crippen molar-refractivity contribution in [3.05, 3.63) is 29.3 Å². The van der Waals surface area contributed by atoms with Crippen LogP contribution in [-0.2, 0) is 10.0 Å². The number of aliphatic hydroxyl groups is 1. The molecule has 19 heavy (non-hydrogen) atoms. The Morgan fingerprint density at radius 3 is 2.63 bits per heavy atom. The minimum absolute atomic E-state index is 0.137. The highest BCUT2D eigenvalue weighted by molar-refractivity contribution is 7.89. The van der Waals surface area contributed by atoms with Crippen molar-refractivity contribution in [1.82, 2.24) is 4.31 Å². The first-order chi connectivity index (χ1) is 8.83. The number of halogens is 1. The standard InChI is InChI=1S/C13H18ClNO3S/c1-13(16)7-4-9-15(10-8-13)19(17,18)12-6-3-2-5-11(12)14/h2-3,5-6,16H,4,7-10H2,1H3. The highest BCUT2D eigenvalue weighted by Gasteiger charge is 2.32. The largest absolute Gasteiger partial charge is 0.390 e. The van der Waals surface area contributed by atoms with Gasteiger partial charge in [-0.15, -0.1) is 0 Å². The van der Waals surface area contributed by atoms with Crippen molar-refractivity contribution < 1.29 is 13.5 Å². The fourth-order valence-electron chi connectivity index (χ4n) is 2.27. The Morgan fingerprint density at radius 2 is 1.95 bits per heavy atom. The van der Waals surface area contributed by atoms with E-state index < -0.39 is 15.6 Å². The Hall–Kier alpha value is -0.620. The van der Waals surface area contributed by atoms with Crippen molar-refractivity contribution in [2.75, 3.05) is 13.1 Å². The maximum Gasteiger partial charge on any atom is 0.244 e. The quantitative estimate of drug-likeness (QED) is 0.912. The number of hydrogen-bond donors (Lipinski definition) is 1. The lowest BCUT2D eigenvalue weighted by Gasteiger charge is -2.22. The molecule has 1 heterocycles. The molecule has 0 amide bonds. The zero-order valence-electron chi connectivity index (χ0n) is 10.8. The molecule has 0 saturated carbocycles. The van der Waals surface area contributed by atoms with Crippen LogP contribution < -0.4 is 0 Å². The molecule has 1 atom stereocenters. The summed E-state index contributed by atoms with van der Waals surface area (Å²) in [6.45, 7) is 2.49. The average molecular weight is 304 g/mol. The highest BCUT2D eigenvalue weighted by Crippen LogP contribution is 2.28. The number of hydrogen-bond acceptors (Lipinski definition) is 3. The molecular formula is C13H18ClNO3S. The van der Waals surface area contributed by atoms with Gasteiger partial charge in [-0.05, 0) is 38.3 Å². The van der Waals surface area contributed by atoms with E-state index in [9.17, 15) is 13.5 Å². The molecule has 0 aromatic heterocycles. The zero-order chi connectivity index (χ0) is 14.1.